The van der Waals surface area contributed by atoms with Gasteiger partial charge in [0, 0.05) is 5.39 Å². The second-order valence-corrected chi connectivity index (χ2v) is 7.63. The van der Waals surface area contributed by atoms with E-state index in [4.69, 9.17) is 4.74 Å². The molecule has 0 amide bonds. The van der Waals surface area contributed by atoms with Crippen molar-refractivity contribution in [3.05, 3.63) is 71.0 Å². The number of rotatable bonds is 10. The second-order valence-electron chi connectivity index (χ2n) is 7.63. The molecule has 8 heteroatoms. The van der Waals surface area contributed by atoms with Gasteiger partial charge in [-0.1, -0.05) is 38.7 Å². The molecule has 0 aliphatic rings. The molecule has 3 aromatic rings. The fraction of sp³-hybridized carbons (Fsp3) is 0.320. The molecule has 0 spiro atoms. The number of unbranched alkanes of at least 4 members (excludes halogenated alkanes) is 4. The summed E-state index contributed by atoms with van der Waals surface area (Å²) in [4.78, 5) is 12.4. The van der Waals surface area contributed by atoms with E-state index in [1.165, 1.54) is 18.2 Å². The largest absolute Gasteiger partial charge is 0.429 e. The van der Waals surface area contributed by atoms with Crippen LogP contribution in [-0.4, -0.2) is 12.6 Å². The van der Waals surface area contributed by atoms with Gasteiger partial charge >= 0.3 is 12.6 Å². The highest BCUT2D eigenvalue weighted by molar-refractivity contribution is 5.92. The molecule has 3 rings (SSSR count). The molecule has 0 aliphatic heterocycles. The van der Waals surface area contributed by atoms with Crippen molar-refractivity contribution in [2.75, 3.05) is 0 Å². The molecule has 0 aliphatic carbocycles. The third-order valence-electron chi connectivity index (χ3n) is 5.20. The van der Waals surface area contributed by atoms with Crippen molar-refractivity contribution in [1.82, 2.24) is 0 Å². The summed E-state index contributed by atoms with van der Waals surface area (Å²) in [5.74, 6) is -5.62. The van der Waals surface area contributed by atoms with Crippen molar-refractivity contribution >= 4 is 16.7 Å². The van der Waals surface area contributed by atoms with Gasteiger partial charge < -0.3 is 9.47 Å². The monoisotopic (exact) mass is 466 g/mol. The van der Waals surface area contributed by atoms with Crippen LogP contribution in [0.25, 0.3) is 10.8 Å². The summed E-state index contributed by atoms with van der Waals surface area (Å²) in [6, 6.07) is 8.55. The molecule has 0 saturated heterocycles. The lowest BCUT2D eigenvalue weighted by molar-refractivity contribution is -0.0544. The van der Waals surface area contributed by atoms with E-state index in [0.717, 1.165) is 55.9 Å². The predicted octanol–water partition coefficient (Wildman–Crippen LogP) is 7.59. The minimum Gasteiger partial charge on any atom is -0.429 e. The number of halogens is 5. The lowest BCUT2D eigenvalue weighted by Crippen LogP contribution is -2.11. The van der Waals surface area contributed by atoms with Gasteiger partial charge in [-0.15, -0.1) is 0 Å². The van der Waals surface area contributed by atoms with E-state index in [1.54, 1.807) is 6.07 Å². The first-order chi connectivity index (χ1) is 15.8. The van der Waals surface area contributed by atoms with Gasteiger partial charge in [-0.2, -0.15) is 8.78 Å². The van der Waals surface area contributed by atoms with Crippen molar-refractivity contribution in [3.8, 4) is 11.5 Å². The van der Waals surface area contributed by atoms with Gasteiger partial charge in [0.15, 0.2) is 17.4 Å². The zero-order valence-electron chi connectivity index (χ0n) is 18.0. The van der Waals surface area contributed by atoms with Crippen molar-refractivity contribution < 1.29 is 36.2 Å². The molecule has 3 aromatic carbocycles. The molecule has 3 nitrogen and oxygen atoms in total. The Balaban J connectivity index is 1.72. The first-order valence-electron chi connectivity index (χ1n) is 10.7. The summed E-state index contributed by atoms with van der Waals surface area (Å²) in [5, 5.41) is -0.253. The lowest BCUT2D eigenvalue weighted by Gasteiger charge is -2.11. The van der Waals surface area contributed by atoms with Crippen LogP contribution in [0.15, 0.2) is 42.5 Å². The summed E-state index contributed by atoms with van der Waals surface area (Å²) in [7, 11) is 0. The van der Waals surface area contributed by atoms with Gasteiger partial charge in [-0.05, 0) is 60.2 Å². The number of carbonyl (C=O) groups is 1. The Labute approximate surface area is 188 Å². The van der Waals surface area contributed by atoms with E-state index >= 15 is 0 Å². The van der Waals surface area contributed by atoms with Gasteiger partial charge in [-0.25, -0.2) is 18.0 Å². The van der Waals surface area contributed by atoms with E-state index in [2.05, 4.69) is 11.7 Å². The smallest absolute Gasteiger partial charge is 0.387 e. The van der Waals surface area contributed by atoms with Gasteiger partial charge in [0.2, 0.25) is 0 Å². The molecule has 0 bridgehead atoms. The van der Waals surface area contributed by atoms with Gasteiger partial charge in [0.25, 0.3) is 0 Å². The SMILES string of the molecule is CCCCCCCc1ccc(C(=O)Oc2ccc3c(F)c(OC(F)F)c(F)cc3c2)c(F)c1. The maximum Gasteiger partial charge on any atom is 0.387 e. The maximum atomic E-state index is 14.5. The molecule has 176 valence electrons. The third-order valence-corrected chi connectivity index (χ3v) is 5.20. The molecule has 33 heavy (non-hydrogen) atoms. The Morgan fingerprint density at radius 1 is 0.909 bits per heavy atom. The number of esters is 1. The number of benzene rings is 3. The normalized spacial score (nSPS) is 11.2. The highest BCUT2D eigenvalue weighted by Gasteiger charge is 2.20. The number of hydrogen-bond acceptors (Lipinski definition) is 3. The van der Waals surface area contributed by atoms with Crippen molar-refractivity contribution in [1.29, 1.82) is 0 Å². The van der Waals surface area contributed by atoms with Crippen LogP contribution in [0, 0.1) is 17.5 Å². The Morgan fingerprint density at radius 2 is 1.67 bits per heavy atom. The van der Waals surface area contributed by atoms with Crippen LogP contribution < -0.4 is 9.47 Å². The van der Waals surface area contributed by atoms with Crippen LogP contribution in [0.2, 0.25) is 0 Å². The first-order valence-corrected chi connectivity index (χ1v) is 10.7. The lowest BCUT2D eigenvalue weighted by atomic mass is 10.0. The molecular weight excluding hydrogens is 443 g/mol. The quantitative estimate of drug-likeness (QED) is 0.134. The summed E-state index contributed by atoms with van der Waals surface area (Å²) < 4.78 is 76.6. The van der Waals surface area contributed by atoms with Crippen molar-refractivity contribution in [3.63, 3.8) is 0 Å². The van der Waals surface area contributed by atoms with Crippen LogP contribution >= 0.6 is 0 Å². The minimum absolute atomic E-state index is 0.0455. The molecule has 0 radical (unpaired) electrons. The standard InChI is InChI=1S/C25H23F5O3/c1-2-3-4-5-6-7-15-8-10-19(20(26)12-15)24(31)32-17-9-11-18-16(13-17)14-21(27)23(22(18)28)33-25(29)30/h8-14,25H,2-7H2,1H3. The number of fused-ring (bicyclic) bond motifs is 1. The highest BCUT2D eigenvalue weighted by Crippen LogP contribution is 2.33. The number of hydrogen-bond donors (Lipinski definition) is 0. The van der Waals surface area contributed by atoms with Crippen LogP contribution in [0.1, 0.15) is 54.9 Å². The highest BCUT2D eigenvalue weighted by atomic mass is 19.3. The average Bonchev–Trinajstić information content (AvgIpc) is 2.76. The van der Waals surface area contributed by atoms with Crippen molar-refractivity contribution in [2.24, 2.45) is 0 Å². The molecule has 0 aromatic heterocycles. The fourth-order valence-electron chi connectivity index (χ4n) is 3.52. The van der Waals surface area contributed by atoms with Gasteiger partial charge in [0.05, 0.1) is 5.56 Å². The van der Waals surface area contributed by atoms with E-state index in [1.807, 2.05) is 0 Å². The second kappa shape index (κ2) is 11.1. The Morgan fingerprint density at radius 3 is 2.36 bits per heavy atom. The summed E-state index contributed by atoms with van der Waals surface area (Å²) >= 11 is 0. The Kier molecular flexibility index (Phi) is 8.25. The number of carbonyl (C=O) groups excluding carboxylic acids is 1. The average molecular weight is 466 g/mol. The van der Waals surface area contributed by atoms with Gasteiger partial charge in [-0.3, -0.25) is 0 Å². The first kappa shape index (κ1) is 24.5. The van der Waals surface area contributed by atoms with E-state index < -0.39 is 35.8 Å². The van der Waals surface area contributed by atoms with Gasteiger partial charge in [0.1, 0.15) is 11.6 Å². The maximum absolute atomic E-state index is 14.5. The topological polar surface area (TPSA) is 35.5 Å². The molecule has 0 N–H and O–H groups in total. The number of aryl methyl sites for hydroxylation is 1. The summed E-state index contributed by atoms with van der Waals surface area (Å²) in [5.41, 5.74) is 0.502. The summed E-state index contributed by atoms with van der Waals surface area (Å²) in [6.45, 7) is -1.27. The number of ether oxygens (including phenoxy) is 2. The Bertz CT molecular complexity index is 1130. The van der Waals surface area contributed by atoms with Crippen LogP contribution in [-0.2, 0) is 6.42 Å². The van der Waals surface area contributed by atoms with Crippen LogP contribution in [0.5, 0.6) is 11.5 Å². The number of alkyl halides is 2. The molecule has 0 atom stereocenters. The molecule has 0 heterocycles. The van der Waals surface area contributed by atoms with E-state index in [9.17, 15) is 26.7 Å². The predicted molar refractivity (Wildman–Crippen MR) is 114 cm³/mol. The third kappa shape index (κ3) is 6.21. The van der Waals surface area contributed by atoms with Crippen LogP contribution in [0.4, 0.5) is 22.0 Å². The molecule has 0 fully saturated rings. The molecular formula is C25H23F5O3. The fourth-order valence-corrected chi connectivity index (χ4v) is 3.52. The minimum atomic E-state index is -3.39. The van der Waals surface area contributed by atoms with E-state index in [0.29, 0.717) is 6.42 Å². The van der Waals surface area contributed by atoms with E-state index in [-0.39, 0.29) is 22.1 Å². The molecule has 0 unspecified atom stereocenters. The zero-order chi connectivity index (χ0) is 24.0. The van der Waals surface area contributed by atoms with Crippen LogP contribution in [0.3, 0.4) is 0 Å². The zero-order valence-corrected chi connectivity index (χ0v) is 18.0. The molecule has 0 saturated carbocycles. The van der Waals surface area contributed by atoms with Crippen molar-refractivity contribution in [2.45, 2.75) is 52.1 Å². The Hall–Kier alpha value is -3.16. The summed E-state index contributed by atoms with van der Waals surface area (Å²) in [6.07, 6.45) is 6.12.